The molecule has 0 radical (unpaired) electrons. The van der Waals surface area contributed by atoms with Gasteiger partial charge in [0.1, 0.15) is 0 Å². The molecule has 0 spiro atoms. The van der Waals surface area contributed by atoms with Crippen LogP contribution >= 0.6 is 0 Å². The molecule has 0 fully saturated rings. The number of anilines is 6. The molecular weight excluding hydrogens is 737 g/mol. The lowest BCUT2D eigenvalue weighted by atomic mass is 9.65. The van der Waals surface area contributed by atoms with Crippen molar-refractivity contribution in [2.75, 3.05) is 9.80 Å². The van der Waals surface area contributed by atoms with Crippen LogP contribution in [0.3, 0.4) is 0 Å². The SMILES string of the molecule is C=C1/C=C\C=C/CC(c2ccccc2)(c2ccccc2)c2cc(N(c3ccc(-c4ccccc4)cc3)c3ccc4c(c3)N(c3ccccc3)c3ccccc3C4(C)C)ccc21. The highest BCUT2D eigenvalue weighted by atomic mass is 15.2. The van der Waals surface area contributed by atoms with Crippen LogP contribution < -0.4 is 9.80 Å². The molecule has 2 heteroatoms. The van der Waals surface area contributed by atoms with Gasteiger partial charge in [-0.15, -0.1) is 0 Å². The van der Waals surface area contributed by atoms with E-state index in [1.54, 1.807) is 0 Å². The Kier molecular flexibility index (Phi) is 9.70. The van der Waals surface area contributed by atoms with Crippen LogP contribution in [0.5, 0.6) is 0 Å². The summed E-state index contributed by atoms with van der Waals surface area (Å²) in [4.78, 5) is 4.88. The Labute approximate surface area is 360 Å². The standard InChI is InChI=1S/C59H48N2/c1-43-21-9-8-20-40-59(46-24-12-5-13-25-46,47-26-14-6-15-27-47)55-41-50(36-38-52(43)55)60(49-34-32-45(33-35-49)44-22-10-4-11-23-44)51-37-39-54-57(42-51)61(48-28-16-7-17-29-48)56-31-19-18-30-53(56)58(54,2)3/h4-39,41-42H,1,40H2,2-3H3/b20-8-,21-9-. The van der Waals surface area contributed by atoms with Crippen LogP contribution in [0.4, 0.5) is 34.1 Å². The normalized spacial score (nSPS) is 15.8. The van der Waals surface area contributed by atoms with Crippen LogP contribution in [0, 0.1) is 0 Å². The van der Waals surface area contributed by atoms with Crippen molar-refractivity contribution < 1.29 is 0 Å². The first-order valence-corrected chi connectivity index (χ1v) is 21.3. The largest absolute Gasteiger partial charge is 0.310 e. The maximum absolute atomic E-state index is 4.66. The van der Waals surface area contributed by atoms with E-state index >= 15 is 0 Å². The lowest BCUT2D eigenvalue weighted by molar-refractivity contribution is 0.626. The van der Waals surface area contributed by atoms with E-state index in [0.717, 1.165) is 40.3 Å². The molecule has 0 saturated carbocycles. The van der Waals surface area contributed by atoms with Crippen molar-refractivity contribution >= 4 is 39.7 Å². The molecule has 1 aliphatic heterocycles. The number of benzene rings is 8. The summed E-state index contributed by atoms with van der Waals surface area (Å²) < 4.78 is 0. The van der Waals surface area contributed by atoms with Crippen molar-refractivity contribution in [1.82, 2.24) is 0 Å². The predicted octanol–water partition coefficient (Wildman–Crippen LogP) is 15.8. The van der Waals surface area contributed by atoms with Gasteiger partial charge in [-0.05, 0) is 111 Å². The highest BCUT2D eigenvalue weighted by Gasteiger charge is 2.39. The Morgan fingerprint density at radius 1 is 0.475 bits per heavy atom. The summed E-state index contributed by atoms with van der Waals surface area (Å²) in [6.45, 7) is 9.37. The van der Waals surface area contributed by atoms with Gasteiger partial charge >= 0.3 is 0 Å². The van der Waals surface area contributed by atoms with Gasteiger partial charge < -0.3 is 9.80 Å². The summed E-state index contributed by atoms with van der Waals surface area (Å²) in [6, 6.07) is 75.4. The van der Waals surface area contributed by atoms with Gasteiger partial charge in [-0.2, -0.15) is 0 Å². The second-order valence-corrected chi connectivity index (χ2v) is 16.6. The van der Waals surface area contributed by atoms with E-state index in [2.05, 4.69) is 261 Å². The zero-order valence-electron chi connectivity index (χ0n) is 34.7. The Hall–Kier alpha value is -7.42. The van der Waals surface area contributed by atoms with E-state index < -0.39 is 5.41 Å². The minimum atomic E-state index is -0.504. The third-order valence-corrected chi connectivity index (χ3v) is 12.8. The number of fused-ring (bicyclic) bond motifs is 3. The highest BCUT2D eigenvalue weighted by Crippen LogP contribution is 2.54. The monoisotopic (exact) mass is 784 g/mol. The van der Waals surface area contributed by atoms with Gasteiger partial charge in [0.15, 0.2) is 0 Å². The summed E-state index contributed by atoms with van der Waals surface area (Å²) in [5.41, 5.74) is 16.8. The van der Waals surface area contributed by atoms with Crippen LogP contribution in [-0.2, 0) is 10.8 Å². The summed E-state index contributed by atoms with van der Waals surface area (Å²) in [7, 11) is 0. The van der Waals surface area contributed by atoms with Gasteiger partial charge in [0.05, 0.1) is 11.4 Å². The average molecular weight is 785 g/mol. The van der Waals surface area contributed by atoms with Crippen LogP contribution in [0.25, 0.3) is 16.7 Å². The molecule has 1 heterocycles. The molecule has 0 saturated heterocycles. The third kappa shape index (κ3) is 6.62. The van der Waals surface area contributed by atoms with Crippen LogP contribution in [0.15, 0.2) is 237 Å². The molecule has 0 N–H and O–H groups in total. The lowest BCUT2D eigenvalue weighted by Gasteiger charge is -2.42. The second kappa shape index (κ2) is 15.6. The molecule has 0 unspecified atom stereocenters. The minimum Gasteiger partial charge on any atom is -0.310 e. The molecule has 0 atom stereocenters. The molecule has 1 aliphatic carbocycles. The van der Waals surface area contributed by atoms with Crippen LogP contribution in [-0.4, -0.2) is 0 Å². The fraction of sp³-hybridized carbons (Fsp3) is 0.0847. The highest BCUT2D eigenvalue weighted by molar-refractivity contribution is 5.90. The lowest BCUT2D eigenvalue weighted by Crippen LogP contribution is -2.31. The minimum absolute atomic E-state index is 0.217. The molecule has 2 nitrogen and oxygen atoms in total. The smallest absolute Gasteiger partial charge is 0.0523 e. The molecule has 294 valence electrons. The maximum Gasteiger partial charge on any atom is 0.0523 e. The van der Waals surface area contributed by atoms with E-state index in [9.17, 15) is 0 Å². The number of para-hydroxylation sites is 2. The Balaban J connectivity index is 1.23. The number of hydrogen-bond donors (Lipinski definition) is 0. The van der Waals surface area contributed by atoms with Crippen molar-refractivity contribution in [3.05, 3.63) is 271 Å². The predicted molar refractivity (Wildman–Crippen MR) is 258 cm³/mol. The maximum atomic E-state index is 4.66. The average Bonchev–Trinajstić information content (AvgIpc) is 3.38. The molecule has 0 amide bonds. The molecule has 0 aromatic heterocycles. The fourth-order valence-corrected chi connectivity index (χ4v) is 9.74. The van der Waals surface area contributed by atoms with Crippen molar-refractivity contribution in [2.45, 2.75) is 31.1 Å². The molecule has 8 aromatic carbocycles. The van der Waals surface area contributed by atoms with Gasteiger partial charge in [0, 0.05) is 33.6 Å². The van der Waals surface area contributed by atoms with Crippen molar-refractivity contribution in [3.8, 4) is 11.1 Å². The zero-order chi connectivity index (χ0) is 41.4. The molecule has 2 aliphatic rings. The Morgan fingerprint density at radius 2 is 1.02 bits per heavy atom. The summed E-state index contributed by atoms with van der Waals surface area (Å²) in [6.07, 6.45) is 9.53. The van der Waals surface area contributed by atoms with Gasteiger partial charge in [0.25, 0.3) is 0 Å². The molecule has 10 rings (SSSR count). The second-order valence-electron chi connectivity index (χ2n) is 16.6. The van der Waals surface area contributed by atoms with Crippen LogP contribution in [0.1, 0.15) is 53.6 Å². The van der Waals surface area contributed by atoms with Gasteiger partial charge in [0.2, 0.25) is 0 Å². The molecule has 0 bridgehead atoms. The van der Waals surface area contributed by atoms with Gasteiger partial charge in [-0.25, -0.2) is 0 Å². The topological polar surface area (TPSA) is 6.48 Å². The fourth-order valence-electron chi connectivity index (χ4n) is 9.74. The first-order chi connectivity index (χ1) is 29.9. The number of hydrogen-bond acceptors (Lipinski definition) is 2. The Morgan fingerprint density at radius 3 is 1.70 bits per heavy atom. The van der Waals surface area contributed by atoms with E-state index in [1.807, 2.05) is 0 Å². The Bertz CT molecular complexity index is 2870. The van der Waals surface area contributed by atoms with Gasteiger partial charge in [-0.1, -0.05) is 196 Å². The molecule has 61 heavy (non-hydrogen) atoms. The zero-order valence-corrected chi connectivity index (χ0v) is 34.7. The van der Waals surface area contributed by atoms with E-state index in [1.165, 1.54) is 50.3 Å². The number of rotatable bonds is 7. The summed E-state index contributed by atoms with van der Waals surface area (Å²) in [5, 5.41) is 0. The van der Waals surface area contributed by atoms with Crippen LogP contribution in [0.2, 0.25) is 0 Å². The van der Waals surface area contributed by atoms with Crippen molar-refractivity contribution in [3.63, 3.8) is 0 Å². The molecular formula is C59H48N2. The third-order valence-electron chi connectivity index (χ3n) is 12.8. The van der Waals surface area contributed by atoms with Gasteiger partial charge in [-0.3, -0.25) is 0 Å². The van der Waals surface area contributed by atoms with E-state index in [4.69, 9.17) is 0 Å². The van der Waals surface area contributed by atoms with E-state index in [0.29, 0.717) is 0 Å². The summed E-state index contributed by atoms with van der Waals surface area (Å²) >= 11 is 0. The number of nitrogens with zero attached hydrogens (tertiary/aromatic N) is 2. The quantitative estimate of drug-likeness (QED) is 0.159. The first-order valence-electron chi connectivity index (χ1n) is 21.3. The van der Waals surface area contributed by atoms with Crippen molar-refractivity contribution in [2.24, 2.45) is 0 Å². The summed E-state index contributed by atoms with van der Waals surface area (Å²) in [5.74, 6) is 0. The first kappa shape index (κ1) is 37.8. The number of allylic oxidation sites excluding steroid dienone is 5. The van der Waals surface area contributed by atoms with Crippen molar-refractivity contribution in [1.29, 1.82) is 0 Å². The molecule has 8 aromatic rings. The van der Waals surface area contributed by atoms with E-state index in [-0.39, 0.29) is 5.41 Å².